The normalized spacial score (nSPS) is 10.8. The summed E-state index contributed by atoms with van der Waals surface area (Å²) in [6.07, 6.45) is 0. The van der Waals surface area contributed by atoms with E-state index in [1.807, 2.05) is 0 Å². The number of methoxy groups -OCH3 is 2. The van der Waals surface area contributed by atoms with Crippen LogP contribution in [0.3, 0.4) is 0 Å². The van der Waals surface area contributed by atoms with Gasteiger partial charge in [-0.1, -0.05) is 23.4 Å². The van der Waals surface area contributed by atoms with E-state index in [1.54, 1.807) is 38.3 Å². The van der Waals surface area contributed by atoms with Gasteiger partial charge in [-0.3, -0.25) is 5.10 Å². The van der Waals surface area contributed by atoms with E-state index in [4.69, 9.17) is 25.5 Å². The fraction of sp³-hybridized carbons (Fsp3) is 0.235. The Labute approximate surface area is 159 Å². The summed E-state index contributed by atoms with van der Waals surface area (Å²) in [5, 5.41) is 8.18. The summed E-state index contributed by atoms with van der Waals surface area (Å²) >= 11 is 7.43. The first-order valence-electron chi connectivity index (χ1n) is 7.58. The molecule has 136 valence electrons. The van der Waals surface area contributed by atoms with Gasteiger partial charge >= 0.3 is 5.97 Å². The maximum Gasteiger partial charge on any atom is 0.341 e. The maximum absolute atomic E-state index is 11.6. The molecule has 0 saturated carbocycles. The fourth-order valence-electron chi connectivity index (χ4n) is 2.36. The van der Waals surface area contributed by atoms with Gasteiger partial charge in [-0.15, -0.1) is 5.10 Å². The van der Waals surface area contributed by atoms with Crippen LogP contribution in [0.15, 0.2) is 33.8 Å². The largest absolute Gasteiger partial charge is 0.496 e. The van der Waals surface area contributed by atoms with Crippen LogP contribution in [0.5, 0.6) is 5.75 Å². The Bertz CT molecular complexity index is 938. The molecule has 0 unspecified atom stereocenters. The van der Waals surface area contributed by atoms with Gasteiger partial charge in [0.1, 0.15) is 22.8 Å². The summed E-state index contributed by atoms with van der Waals surface area (Å²) in [5.41, 5.74) is 1.14. The van der Waals surface area contributed by atoms with Gasteiger partial charge in [-0.05, 0) is 31.2 Å². The molecule has 0 radical (unpaired) electrons. The van der Waals surface area contributed by atoms with Gasteiger partial charge in [0.25, 0.3) is 0 Å². The monoisotopic (exact) mass is 393 g/mol. The van der Waals surface area contributed by atoms with Crippen LogP contribution in [0.25, 0.3) is 11.4 Å². The van der Waals surface area contributed by atoms with Crippen LogP contribution in [0.4, 0.5) is 0 Å². The molecule has 3 aromatic rings. The first kappa shape index (κ1) is 18.3. The van der Waals surface area contributed by atoms with Crippen LogP contribution in [0.1, 0.15) is 21.9 Å². The van der Waals surface area contributed by atoms with Crippen LogP contribution < -0.4 is 4.74 Å². The molecule has 3 rings (SSSR count). The van der Waals surface area contributed by atoms with E-state index in [0.29, 0.717) is 44.6 Å². The zero-order valence-electron chi connectivity index (χ0n) is 14.3. The number of benzene rings is 1. The molecule has 0 aliphatic carbocycles. The molecule has 2 heterocycles. The second kappa shape index (κ2) is 7.84. The number of aryl methyl sites for hydroxylation is 1. The molecule has 0 amide bonds. The lowest BCUT2D eigenvalue weighted by Gasteiger charge is -2.05. The number of thioether (sulfide) groups is 1. The summed E-state index contributed by atoms with van der Waals surface area (Å²) in [6.45, 7) is 1.72. The van der Waals surface area contributed by atoms with E-state index in [2.05, 4.69) is 15.2 Å². The van der Waals surface area contributed by atoms with Crippen molar-refractivity contribution in [3.63, 3.8) is 0 Å². The molecule has 7 nitrogen and oxygen atoms in total. The number of aromatic nitrogens is 3. The third-order valence-corrected chi connectivity index (χ3v) is 4.70. The highest BCUT2D eigenvalue weighted by molar-refractivity contribution is 7.98. The third kappa shape index (κ3) is 3.86. The van der Waals surface area contributed by atoms with Gasteiger partial charge in [0.05, 0.1) is 25.5 Å². The van der Waals surface area contributed by atoms with E-state index in [9.17, 15) is 4.79 Å². The molecular formula is C17H16ClN3O4S. The Hall–Kier alpha value is -2.45. The van der Waals surface area contributed by atoms with E-state index in [1.165, 1.54) is 18.9 Å². The van der Waals surface area contributed by atoms with Crippen LogP contribution in [0, 0.1) is 6.92 Å². The van der Waals surface area contributed by atoms with Crippen molar-refractivity contribution in [2.75, 3.05) is 14.2 Å². The summed E-state index contributed by atoms with van der Waals surface area (Å²) in [6, 6.07) is 6.94. The molecule has 9 heteroatoms. The Balaban J connectivity index is 1.74. The van der Waals surface area contributed by atoms with Crippen molar-refractivity contribution in [3.05, 3.63) is 46.4 Å². The number of nitrogens with zero attached hydrogens (tertiary/aromatic N) is 2. The standard InChI is InChI=1S/C17H16ClN3O4S/c1-9-12(16(22)24-3)7-11(25-9)8-26-17-19-15(20-21-17)13-6-10(18)4-5-14(13)23-2/h4-7H,8H2,1-3H3,(H,19,20,21). The van der Waals surface area contributed by atoms with Crippen molar-refractivity contribution >= 4 is 29.3 Å². The second-order valence-electron chi connectivity index (χ2n) is 5.27. The summed E-state index contributed by atoms with van der Waals surface area (Å²) in [4.78, 5) is 16.1. The van der Waals surface area contributed by atoms with Gasteiger partial charge in [0.2, 0.25) is 5.16 Å². The van der Waals surface area contributed by atoms with Crippen molar-refractivity contribution in [1.29, 1.82) is 0 Å². The van der Waals surface area contributed by atoms with Crippen molar-refractivity contribution in [3.8, 4) is 17.1 Å². The first-order chi connectivity index (χ1) is 12.5. The van der Waals surface area contributed by atoms with Crippen molar-refractivity contribution in [2.24, 2.45) is 0 Å². The SMILES string of the molecule is COC(=O)c1cc(CSc2n[nH]c(-c3cc(Cl)ccc3OC)n2)oc1C. The highest BCUT2D eigenvalue weighted by atomic mass is 35.5. The number of nitrogens with one attached hydrogen (secondary N) is 1. The van der Waals surface area contributed by atoms with E-state index >= 15 is 0 Å². The number of furan rings is 1. The minimum absolute atomic E-state index is 0.419. The van der Waals surface area contributed by atoms with Crippen LogP contribution in [-0.2, 0) is 10.5 Å². The number of hydrogen-bond donors (Lipinski definition) is 1. The topological polar surface area (TPSA) is 90.2 Å². The Morgan fingerprint density at radius 2 is 2.15 bits per heavy atom. The minimum atomic E-state index is -0.421. The number of rotatable bonds is 6. The molecule has 0 spiro atoms. The Morgan fingerprint density at radius 3 is 2.88 bits per heavy atom. The molecule has 2 aromatic heterocycles. The molecule has 0 saturated heterocycles. The molecule has 1 N–H and O–H groups in total. The number of esters is 1. The summed E-state index contributed by atoms with van der Waals surface area (Å²) in [7, 11) is 2.92. The van der Waals surface area contributed by atoms with Crippen LogP contribution >= 0.6 is 23.4 Å². The molecule has 1 aromatic carbocycles. The van der Waals surface area contributed by atoms with Crippen LogP contribution in [0.2, 0.25) is 5.02 Å². The molecule has 0 fully saturated rings. The van der Waals surface area contributed by atoms with E-state index in [-0.39, 0.29) is 0 Å². The number of halogens is 1. The molecule has 0 aliphatic heterocycles. The predicted octanol–water partition coefficient (Wildman–Crippen LogP) is 4.11. The zero-order valence-corrected chi connectivity index (χ0v) is 15.9. The molecule has 0 atom stereocenters. The number of aromatic amines is 1. The number of hydrogen-bond acceptors (Lipinski definition) is 7. The maximum atomic E-state index is 11.6. The summed E-state index contributed by atoms with van der Waals surface area (Å²) in [5.74, 6) is 2.41. The third-order valence-electron chi connectivity index (χ3n) is 3.60. The smallest absolute Gasteiger partial charge is 0.341 e. The first-order valence-corrected chi connectivity index (χ1v) is 8.95. The lowest BCUT2D eigenvalue weighted by Crippen LogP contribution is -2.00. The highest BCUT2D eigenvalue weighted by Gasteiger charge is 2.17. The zero-order chi connectivity index (χ0) is 18.7. The molecular weight excluding hydrogens is 378 g/mol. The fourth-order valence-corrected chi connectivity index (χ4v) is 3.21. The second-order valence-corrected chi connectivity index (χ2v) is 6.65. The van der Waals surface area contributed by atoms with Crippen LogP contribution in [-0.4, -0.2) is 35.4 Å². The van der Waals surface area contributed by atoms with Gasteiger partial charge in [0, 0.05) is 5.02 Å². The van der Waals surface area contributed by atoms with E-state index < -0.39 is 5.97 Å². The Kier molecular flexibility index (Phi) is 5.53. The summed E-state index contributed by atoms with van der Waals surface area (Å²) < 4.78 is 15.6. The van der Waals surface area contributed by atoms with Gasteiger partial charge in [-0.25, -0.2) is 9.78 Å². The molecule has 0 bridgehead atoms. The molecule has 0 aliphatic rings. The number of carbonyl (C=O) groups is 1. The van der Waals surface area contributed by atoms with Crippen molar-refractivity contribution in [1.82, 2.24) is 15.2 Å². The number of H-pyrrole nitrogens is 1. The number of ether oxygens (including phenoxy) is 2. The van der Waals surface area contributed by atoms with Crippen molar-refractivity contribution in [2.45, 2.75) is 17.8 Å². The van der Waals surface area contributed by atoms with Gasteiger partial charge in [-0.2, -0.15) is 0 Å². The van der Waals surface area contributed by atoms with Gasteiger partial charge in [0.15, 0.2) is 5.82 Å². The predicted molar refractivity (Wildman–Crippen MR) is 97.7 cm³/mol. The quantitative estimate of drug-likeness (QED) is 0.497. The Morgan fingerprint density at radius 1 is 1.35 bits per heavy atom. The average molecular weight is 394 g/mol. The van der Waals surface area contributed by atoms with Gasteiger partial charge < -0.3 is 13.9 Å². The lowest BCUT2D eigenvalue weighted by molar-refractivity contribution is 0.0599. The van der Waals surface area contributed by atoms with E-state index in [0.717, 1.165) is 5.56 Å². The minimum Gasteiger partial charge on any atom is -0.496 e. The lowest BCUT2D eigenvalue weighted by atomic mass is 10.2. The average Bonchev–Trinajstić information content (AvgIpc) is 3.25. The molecule has 26 heavy (non-hydrogen) atoms. The highest BCUT2D eigenvalue weighted by Crippen LogP contribution is 2.31. The number of carbonyl (C=O) groups excluding carboxylic acids is 1. The van der Waals surface area contributed by atoms with Crippen molar-refractivity contribution < 1.29 is 18.7 Å².